The Bertz CT molecular complexity index is 740. The fraction of sp³-hybridized carbons (Fsp3) is 0.176. The van der Waals surface area contributed by atoms with Crippen LogP contribution < -0.4 is 20.3 Å². The zero-order chi connectivity index (χ0) is 18.2. The van der Waals surface area contributed by atoms with Gasteiger partial charge in [-0.25, -0.2) is 4.39 Å². The maximum absolute atomic E-state index is 12.8. The number of rotatable bonds is 6. The molecule has 2 N–H and O–H groups in total. The molecule has 132 valence electrons. The molecular weight excluding hydrogens is 351 g/mol. The Balaban J connectivity index is 1.74. The molecule has 25 heavy (non-hydrogen) atoms. The van der Waals surface area contributed by atoms with Crippen molar-refractivity contribution in [1.29, 1.82) is 0 Å². The second-order valence-corrected chi connectivity index (χ2v) is 5.38. The van der Waals surface area contributed by atoms with Crippen LogP contribution in [0.1, 0.15) is 6.92 Å². The Morgan fingerprint density at radius 3 is 2.48 bits per heavy atom. The average Bonchev–Trinajstić information content (AvgIpc) is 2.60. The number of benzene rings is 2. The van der Waals surface area contributed by atoms with Crippen LogP contribution in [0.25, 0.3) is 0 Å². The highest BCUT2D eigenvalue weighted by atomic mass is 35.5. The molecule has 0 aliphatic rings. The van der Waals surface area contributed by atoms with Gasteiger partial charge in [0.2, 0.25) is 0 Å². The summed E-state index contributed by atoms with van der Waals surface area (Å²) in [4.78, 5) is 23.5. The number of hydrogen-bond donors (Lipinski definition) is 2. The molecule has 2 amide bonds. The number of halogens is 2. The number of carbonyl (C=O) groups excluding carboxylic acids is 2. The van der Waals surface area contributed by atoms with Gasteiger partial charge in [-0.3, -0.25) is 20.4 Å². The molecular formula is C17H16ClFN2O4. The fourth-order valence-electron chi connectivity index (χ4n) is 1.74. The third-order valence-corrected chi connectivity index (χ3v) is 3.33. The van der Waals surface area contributed by atoms with Gasteiger partial charge in [-0.2, -0.15) is 0 Å². The van der Waals surface area contributed by atoms with Crippen LogP contribution in [0.5, 0.6) is 11.5 Å². The molecule has 0 heterocycles. The molecule has 1 unspecified atom stereocenters. The molecule has 2 aromatic rings. The van der Waals surface area contributed by atoms with Gasteiger partial charge in [0.1, 0.15) is 17.3 Å². The van der Waals surface area contributed by atoms with E-state index in [1.54, 1.807) is 24.3 Å². The number of nitrogens with one attached hydrogen (secondary N) is 2. The predicted octanol–water partition coefficient (Wildman–Crippen LogP) is 2.47. The lowest BCUT2D eigenvalue weighted by Gasteiger charge is -2.15. The van der Waals surface area contributed by atoms with Gasteiger partial charge in [0.15, 0.2) is 12.7 Å². The molecule has 0 saturated carbocycles. The van der Waals surface area contributed by atoms with E-state index in [-0.39, 0.29) is 6.61 Å². The van der Waals surface area contributed by atoms with Crippen LogP contribution in [0, 0.1) is 5.82 Å². The van der Waals surface area contributed by atoms with Gasteiger partial charge in [0, 0.05) is 0 Å². The quantitative estimate of drug-likeness (QED) is 0.770. The van der Waals surface area contributed by atoms with Crippen molar-refractivity contribution in [3.63, 3.8) is 0 Å². The molecule has 6 nitrogen and oxygen atoms in total. The van der Waals surface area contributed by atoms with E-state index in [1.807, 2.05) is 0 Å². The summed E-state index contributed by atoms with van der Waals surface area (Å²) >= 11 is 5.90. The third-order valence-electron chi connectivity index (χ3n) is 3.02. The lowest BCUT2D eigenvalue weighted by molar-refractivity contribution is -0.133. The molecule has 0 spiro atoms. The zero-order valence-corrected chi connectivity index (χ0v) is 14.0. The molecule has 2 aromatic carbocycles. The van der Waals surface area contributed by atoms with Crippen molar-refractivity contribution < 1.29 is 23.5 Å². The monoisotopic (exact) mass is 366 g/mol. The molecule has 0 aliphatic heterocycles. The highest BCUT2D eigenvalue weighted by Crippen LogP contribution is 2.22. The summed E-state index contributed by atoms with van der Waals surface area (Å²) in [5.74, 6) is -0.857. The summed E-state index contributed by atoms with van der Waals surface area (Å²) in [5.41, 5.74) is 4.42. The summed E-state index contributed by atoms with van der Waals surface area (Å²) in [6, 6.07) is 11.9. The van der Waals surface area contributed by atoms with Gasteiger partial charge in [0.25, 0.3) is 11.8 Å². The van der Waals surface area contributed by atoms with E-state index in [4.69, 9.17) is 21.1 Å². The molecule has 0 radical (unpaired) electrons. The number of hydrogen-bond acceptors (Lipinski definition) is 4. The Labute approximate surface area is 148 Å². The SMILES string of the molecule is CC(Oc1ccc(F)cc1)C(=O)NNC(=O)COc1ccccc1Cl. The van der Waals surface area contributed by atoms with Crippen LogP contribution in [-0.4, -0.2) is 24.5 Å². The number of amides is 2. The first-order chi connectivity index (χ1) is 12.0. The van der Waals surface area contributed by atoms with Gasteiger partial charge in [0.05, 0.1) is 5.02 Å². The van der Waals surface area contributed by atoms with Gasteiger partial charge < -0.3 is 9.47 Å². The van der Waals surface area contributed by atoms with E-state index in [0.717, 1.165) is 0 Å². The normalized spacial score (nSPS) is 11.3. The first-order valence-corrected chi connectivity index (χ1v) is 7.72. The maximum Gasteiger partial charge on any atom is 0.279 e. The first-order valence-electron chi connectivity index (χ1n) is 7.34. The lowest BCUT2D eigenvalue weighted by atomic mass is 10.3. The van der Waals surface area contributed by atoms with Crippen molar-refractivity contribution in [3.8, 4) is 11.5 Å². The Hall–Kier alpha value is -2.80. The Kier molecular flexibility index (Phi) is 6.59. The van der Waals surface area contributed by atoms with Crippen LogP contribution >= 0.6 is 11.6 Å². The number of para-hydroxylation sites is 1. The average molecular weight is 367 g/mol. The van der Waals surface area contributed by atoms with Crippen LogP contribution in [0.3, 0.4) is 0 Å². The molecule has 0 saturated heterocycles. The molecule has 0 aliphatic carbocycles. The van der Waals surface area contributed by atoms with E-state index >= 15 is 0 Å². The van der Waals surface area contributed by atoms with E-state index in [1.165, 1.54) is 31.2 Å². The molecule has 8 heteroatoms. The van der Waals surface area contributed by atoms with Crippen LogP contribution in [0.2, 0.25) is 5.02 Å². The van der Waals surface area contributed by atoms with Gasteiger partial charge >= 0.3 is 0 Å². The fourth-order valence-corrected chi connectivity index (χ4v) is 1.94. The van der Waals surface area contributed by atoms with Gasteiger partial charge in [-0.15, -0.1) is 0 Å². The standard InChI is InChI=1S/C17H16ClFN2O4/c1-11(25-13-8-6-12(19)7-9-13)17(23)21-20-16(22)10-24-15-5-3-2-4-14(15)18/h2-9,11H,10H2,1H3,(H,20,22)(H,21,23). The molecule has 0 fully saturated rings. The van der Waals surface area contributed by atoms with E-state index in [0.29, 0.717) is 16.5 Å². The molecule has 1 atom stereocenters. The maximum atomic E-state index is 12.8. The van der Waals surface area contributed by atoms with Gasteiger partial charge in [-0.05, 0) is 43.3 Å². The lowest BCUT2D eigenvalue weighted by Crippen LogP contribution is -2.48. The highest BCUT2D eigenvalue weighted by molar-refractivity contribution is 6.32. The van der Waals surface area contributed by atoms with Gasteiger partial charge in [-0.1, -0.05) is 23.7 Å². The first kappa shape index (κ1) is 18.5. The summed E-state index contributed by atoms with van der Waals surface area (Å²) in [7, 11) is 0. The summed E-state index contributed by atoms with van der Waals surface area (Å²) in [6.45, 7) is 1.17. The van der Waals surface area contributed by atoms with E-state index in [2.05, 4.69) is 10.9 Å². The van der Waals surface area contributed by atoms with Crippen LogP contribution in [-0.2, 0) is 9.59 Å². The molecule has 0 aromatic heterocycles. The molecule has 2 rings (SSSR count). The Morgan fingerprint density at radius 2 is 1.80 bits per heavy atom. The summed E-state index contributed by atoms with van der Waals surface area (Å²) in [6.07, 6.45) is -0.893. The minimum absolute atomic E-state index is 0.322. The largest absolute Gasteiger partial charge is 0.482 e. The van der Waals surface area contributed by atoms with Crippen molar-refractivity contribution in [3.05, 3.63) is 59.4 Å². The molecule has 0 bridgehead atoms. The number of hydrazine groups is 1. The number of carbonyl (C=O) groups is 2. The summed E-state index contributed by atoms with van der Waals surface area (Å²) < 4.78 is 23.4. The van der Waals surface area contributed by atoms with Crippen molar-refractivity contribution in [1.82, 2.24) is 10.9 Å². The minimum Gasteiger partial charge on any atom is -0.482 e. The van der Waals surface area contributed by atoms with Crippen molar-refractivity contribution in [2.45, 2.75) is 13.0 Å². The van der Waals surface area contributed by atoms with E-state index < -0.39 is 23.7 Å². The van der Waals surface area contributed by atoms with Crippen LogP contribution in [0.4, 0.5) is 4.39 Å². The zero-order valence-electron chi connectivity index (χ0n) is 13.3. The van der Waals surface area contributed by atoms with Crippen molar-refractivity contribution >= 4 is 23.4 Å². The third kappa shape index (κ3) is 5.96. The highest BCUT2D eigenvalue weighted by Gasteiger charge is 2.15. The van der Waals surface area contributed by atoms with E-state index in [9.17, 15) is 14.0 Å². The predicted molar refractivity (Wildman–Crippen MR) is 89.7 cm³/mol. The van der Waals surface area contributed by atoms with Crippen molar-refractivity contribution in [2.75, 3.05) is 6.61 Å². The second-order valence-electron chi connectivity index (χ2n) is 4.97. The smallest absolute Gasteiger partial charge is 0.279 e. The Morgan fingerprint density at radius 1 is 1.12 bits per heavy atom. The van der Waals surface area contributed by atoms with Crippen molar-refractivity contribution in [2.24, 2.45) is 0 Å². The summed E-state index contributed by atoms with van der Waals surface area (Å²) in [5, 5.41) is 0.376. The topological polar surface area (TPSA) is 76.7 Å². The number of ether oxygens (including phenoxy) is 2. The second kappa shape index (κ2) is 8.89. The van der Waals surface area contributed by atoms with Crippen LogP contribution in [0.15, 0.2) is 48.5 Å². The minimum atomic E-state index is -0.893.